The van der Waals surface area contributed by atoms with Crippen LogP contribution < -0.4 is 10.2 Å². The first-order valence-electron chi connectivity index (χ1n) is 12.2. The number of nitrogens with zero attached hydrogens (tertiary/aromatic N) is 2. The summed E-state index contributed by atoms with van der Waals surface area (Å²) in [5.41, 5.74) is 1.23. The standard InChI is InChI=1S/C27H30F3N3O3/c1-17(32-18(2)34)26(11-12-26)21-6-8-22(9-7-21)33-13-3-4-20(25(33)36)15-23(35)14-19-5-10-24(31-16-19)27(28,29)30/h5-10,16-17,20H,3-4,11-15H2,1-2H3,(H,32,34)/t17?,20-/m0/s1. The van der Waals surface area contributed by atoms with Crippen LogP contribution in [0.25, 0.3) is 0 Å². The van der Waals surface area contributed by atoms with Gasteiger partial charge in [-0.1, -0.05) is 18.2 Å². The number of carbonyl (C=O) groups excluding carboxylic acids is 3. The third-order valence-electron chi connectivity index (χ3n) is 7.33. The van der Waals surface area contributed by atoms with Crippen LogP contribution in [-0.4, -0.2) is 35.2 Å². The number of anilines is 1. The zero-order valence-corrected chi connectivity index (χ0v) is 20.4. The van der Waals surface area contributed by atoms with Crippen LogP contribution in [-0.2, 0) is 32.4 Å². The van der Waals surface area contributed by atoms with Crippen molar-refractivity contribution in [1.82, 2.24) is 10.3 Å². The van der Waals surface area contributed by atoms with E-state index in [4.69, 9.17) is 0 Å². The average Bonchev–Trinajstić information content (AvgIpc) is 3.62. The van der Waals surface area contributed by atoms with Gasteiger partial charge in [-0.05, 0) is 61.9 Å². The van der Waals surface area contributed by atoms with E-state index in [-0.39, 0.29) is 41.9 Å². The number of amides is 2. The van der Waals surface area contributed by atoms with Crippen LogP contribution in [0.1, 0.15) is 62.8 Å². The minimum absolute atomic E-state index is 0.0210. The van der Waals surface area contributed by atoms with E-state index in [1.54, 1.807) is 4.90 Å². The van der Waals surface area contributed by atoms with Crippen LogP contribution in [0.3, 0.4) is 0 Å². The Balaban J connectivity index is 1.38. The highest BCUT2D eigenvalue weighted by Gasteiger charge is 2.49. The van der Waals surface area contributed by atoms with Crippen LogP contribution >= 0.6 is 0 Å². The van der Waals surface area contributed by atoms with E-state index in [1.165, 1.54) is 13.0 Å². The predicted octanol–water partition coefficient (Wildman–Crippen LogP) is 4.60. The van der Waals surface area contributed by atoms with Gasteiger partial charge in [-0.15, -0.1) is 0 Å². The summed E-state index contributed by atoms with van der Waals surface area (Å²) < 4.78 is 38.1. The van der Waals surface area contributed by atoms with Crippen LogP contribution in [0.5, 0.6) is 0 Å². The smallest absolute Gasteiger partial charge is 0.353 e. The molecule has 192 valence electrons. The van der Waals surface area contributed by atoms with E-state index in [2.05, 4.69) is 10.3 Å². The Bertz CT molecular complexity index is 1130. The first-order chi connectivity index (χ1) is 17.0. The normalized spacial score (nSPS) is 20.1. The van der Waals surface area contributed by atoms with Gasteiger partial charge in [0, 0.05) is 55.6 Å². The molecule has 1 N–H and O–H groups in total. The van der Waals surface area contributed by atoms with Gasteiger partial charge >= 0.3 is 6.18 Å². The second kappa shape index (κ2) is 10.0. The predicted molar refractivity (Wildman–Crippen MR) is 128 cm³/mol. The molecular formula is C27H30F3N3O3. The number of nitrogens with one attached hydrogen (secondary N) is 1. The minimum Gasteiger partial charge on any atom is -0.353 e. The molecule has 1 aromatic carbocycles. The van der Waals surface area contributed by atoms with Gasteiger partial charge in [-0.2, -0.15) is 13.2 Å². The molecule has 1 aliphatic heterocycles. The van der Waals surface area contributed by atoms with Crippen molar-refractivity contribution in [2.45, 2.75) is 70.0 Å². The first kappa shape index (κ1) is 25.9. The number of hydrogen-bond acceptors (Lipinski definition) is 4. The molecule has 2 aliphatic rings. The topological polar surface area (TPSA) is 79.4 Å². The van der Waals surface area contributed by atoms with Gasteiger partial charge < -0.3 is 10.2 Å². The Kier molecular flexibility index (Phi) is 7.20. The molecule has 2 amide bonds. The summed E-state index contributed by atoms with van der Waals surface area (Å²) in [5, 5.41) is 2.99. The largest absolute Gasteiger partial charge is 0.433 e. The SMILES string of the molecule is CC(=O)NC(C)C1(c2ccc(N3CCC[C@@H](CC(=O)Cc4ccc(C(F)(F)F)nc4)C3=O)cc2)CC1. The monoisotopic (exact) mass is 501 g/mol. The number of piperidine rings is 1. The van der Waals surface area contributed by atoms with E-state index in [0.717, 1.165) is 42.8 Å². The molecule has 2 fully saturated rings. The lowest BCUT2D eigenvalue weighted by Crippen LogP contribution is -2.42. The van der Waals surface area contributed by atoms with Crippen molar-refractivity contribution in [1.29, 1.82) is 0 Å². The van der Waals surface area contributed by atoms with Crippen molar-refractivity contribution in [2.75, 3.05) is 11.4 Å². The van der Waals surface area contributed by atoms with Gasteiger partial charge in [0.25, 0.3) is 0 Å². The summed E-state index contributed by atoms with van der Waals surface area (Å²) in [4.78, 5) is 42.4. The molecule has 0 bridgehead atoms. The fourth-order valence-corrected chi connectivity index (χ4v) is 5.19. The number of benzene rings is 1. The van der Waals surface area contributed by atoms with E-state index >= 15 is 0 Å². The molecule has 4 rings (SSSR count). The van der Waals surface area contributed by atoms with Gasteiger partial charge in [-0.25, -0.2) is 0 Å². The van der Waals surface area contributed by atoms with Crippen molar-refractivity contribution in [3.63, 3.8) is 0 Å². The molecule has 1 saturated carbocycles. The molecule has 0 radical (unpaired) electrons. The Morgan fingerprint density at radius 2 is 1.86 bits per heavy atom. The van der Waals surface area contributed by atoms with E-state index in [9.17, 15) is 27.6 Å². The molecule has 9 heteroatoms. The van der Waals surface area contributed by atoms with Gasteiger partial charge in [-0.3, -0.25) is 19.4 Å². The maximum Gasteiger partial charge on any atom is 0.433 e. The second-order valence-corrected chi connectivity index (χ2v) is 9.92. The average molecular weight is 502 g/mol. The highest BCUT2D eigenvalue weighted by Crippen LogP contribution is 2.51. The quantitative estimate of drug-likeness (QED) is 0.573. The van der Waals surface area contributed by atoms with Crippen molar-refractivity contribution < 1.29 is 27.6 Å². The Morgan fingerprint density at radius 1 is 1.17 bits per heavy atom. The van der Waals surface area contributed by atoms with Crippen molar-refractivity contribution >= 4 is 23.3 Å². The third kappa shape index (κ3) is 5.60. The van der Waals surface area contributed by atoms with Gasteiger partial charge in [0.2, 0.25) is 11.8 Å². The first-order valence-corrected chi connectivity index (χ1v) is 12.2. The molecule has 2 aromatic rings. The molecule has 0 spiro atoms. The molecule has 1 aliphatic carbocycles. The maximum atomic E-state index is 13.2. The maximum absolute atomic E-state index is 13.2. The number of pyridine rings is 1. The fraction of sp³-hybridized carbons (Fsp3) is 0.481. The zero-order valence-electron chi connectivity index (χ0n) is 20.4. The van der Waals surface area contributed by atoms with Crippen LogP contribution in [0.15, 0.2) is 42.6 Å². The number of halogens is 3. The third-order valence-corrected chi connectivity index (χ3v) is 7.33. The second-order valence-electron chi connectivity index (χ2n) is 9.92. The van der Waals surface area contributed by atoms with Crippen molar-refractivity contribution in [2.24, 2.45) is 5.92 Å². The Hall–Kier alpha value is -3.23. The van der Waals surface area contributed by atoms with Gasteiger partial charge in [0.15, 0.2) is 0 Å². The summed E-state index contributed by atoms with van der Waals surface area (Å²) in [6.07, 6.45) is -0.120. The minimum atomic E-state index is -4.53. The lowest BCUT2D eigenvalue weighted by atomic mass is 9.88. The lowest BCUT2D eigenvalue weighted by Gasteiger charge is -2.32. The van der Waals surface area contributed by atoms with Gasteiger partial charge in [0.05, 0.1) is 0 Å². The molecule has 6 nitrogen and oxygen atoms in total. The summed E-state index contributed by atoms with van der Waals surface area (Å²) in [6, 6.07) is 10.0. The number of hydrogen-bond donors (Lipinski definition) is 1. The van der Waals surface area contributed by atoms with Crippen LogP contribution in [0.2, 0.25) is 0 Å². The van der Waals surface area contributed by atoms with Gasteiger partial charge in [0.1, 0.15) is 11.5 Å². The van der Waals surface area contributed by atoms with Crippen LogP contribution in [0.4, 0.5) is 18.9 Å². The molecule has 1 aromatic heterocycles. The van der Waals surface area contributed by atoms with E-state index in [1.807, 2.05) is 31.2 Å². The molecule has 1 saturated heterocycles. The van der Waals surface area contributed by atoms with Crippen molar-refractivity contribution in [3.05, 3.63) is 59.4 Å². The number of ketones is 1. The summed E-state index contributed by atoms with van der Waals surface area (Å²) >= 11 is 0. The van der Waals surface area contributed by atoms with Crippen LogP contribution in [0, 0.1) is 5.92 Å². The van der Waals surface area contributed by atoms with E-state index < -0.39 is 17.8 Å². The summed E-state index contributed by atoms with van der Waals surface area (Å²) in [7, 11) is 0. The number of rotatable bonds is 8. The number of alkyl halides is 3. The zero-order chi connectivity index (χ0) is 26.1. The highest BCUT2D eigenvalue weighted by molar-refractivity contribution is 5.98. The summed E-state index contributed by atoms with van der Waals surface area (Å²) in [5.74, 6) is -0.822. The molecule has 36 heavy (non-hydrogen) atoms. The molecule has 1 unspecified atom stereocenters. The highest BCUT2D eigenvalue weighted by atomic mass is 19.4. The summed E-state index contributed by atoms with van der Waals surface area (Å²) in [6.45, 7) is 4.09. The fourth-order valence-electron chi connectivity index (χ4n) is 5.19. The Labute approximate surface area is 208 Å². The number of aromatic nitrogens is 1. The Morgan fingerprint density at radius 3 is 2.42 bits per heavy atom. The number of carbonyl (C=O) groups is 3. The number of Topliss-reactive ketones (excluding diaryl/α,β-unsaturated/α-hetero) is 1. The lowest BCUT2D eigenvalue weighted by molar-refractivity contribution is -0.141. The van der Waals surface area contributed by atoms with E-state index in [0.29, 0.717) is 18.5 Å². The molecule has 2 heterocycles. The van der Waals surface area contributed by atoms with Crippen molar-refractivity contribution in [3.8, 4) is 0 Å². The molecule has 2 atom stereocenters. The molecular weight excluding hydrogens is 471 g/mol.